The Bertz CT molecular complexity index is 411. The summed E-state index contributed by atoms with van der Waals surface area (Å²) >= 11 is 12.5. The molecule has 20 heavy (non-hydrogen) atoms. The van der Waals surface area contributed by atoms with Crippen LogP contribution in [-0.2, 0) is 11.3 Å². The molecular weight excluding hydrogens is 319 g/mol. The largest absolute Gasteiger partial charge is 0.381 e. The maximum Gasteiger partial charge on any atom is 0.0599 e. The van der Waals surface area contributed by atoms with Crippen molar-refractivity contribution in [3.63, 3.8) is 0 Å². The van der Waals surface area contributed by atoms with Crippen LogP contribution in [0.1, 0.15) is 18.4 Å². The lowest BCUT2D eigenvalue weighted by Gasteiger charge is -2.38. The van der Waals surface area contributed by atoms with E-state index in [0.29, 0.717) is 18.7 Å². The van der Waals surface area contributed by atoms with E-state index < -0.39 is 0 Å². The molecule has 1 fully saturated rings. The fourth-order valence-corrected chi connectivity index (χ4v) is 3.13. The minimum atomic E-state index is 0. The van der Waals surface area contributed by atoms with Crippen LogP contribution in [0, 0.1) is 0 Å². The second-order valence-electron chi connectivity index (χ2n) is 4.94. The third-order valence-corrected chi connectivity index (χ3v) is 4.53. The standard InChI is InChI=1S/C14H20Cl2N2O.ClH/c1-19-11-5-6-18(10(7-11)8-17)9-12-13(15)3-2-4-14(12)16;/h2-4,10-11H,5-9,17H2,1H3;1H. The Morgan fingerprint density at radius 1 is 1.35 bits per heavy atom. The minimum absolute atomic E-state index is 0. The van der Waals surface area contributed by atoms with Gasteiger partial charge in [0.2, 0.25) is 0 Å². The molecule has 2 rings (SSSR count). The van der Waals surface area contributed by atoms with Gasteiger partial charge in [-0.05, 0) is 25.0 Å². The number of methoxy groups -OCH3 is 1. The summed E-state index contributed by atoms with van der Waals surface area (Å²) in [6, 6.07) is 5.95. The maximum atomic E-state index is 6.23. The molecule has 1 heterocycles. The lowest BCUT2D eigenvalue weighted by Crippen LogP contribution is -2.48. The summed E-state index contributed by atoms with van der Waals surface area (Å²) in [5, 5.41) is 1.44. The van der Waals surface area contributed by atoms with Crippen LogP contribution < -0.4 is 5.73 Å². The molecule has 1 saturated heterocycles. The average Bonchev–Trinajstić information content (AvgIpc) is 2.43. The van der Waals surface area contributed by atoms with Crippen LogP contribution in [0.3, 0.4) is 0 Å². The van der Waals surface area contributed by atoms with E-state index in [2.05, 4.69) is 4.90 Å². The molecule has 1 aliphatic rings. The normalized spacial score (nSPS) is 23.4. The van der Waals surface area contributed by atoms with Gasteiger partial charge in [-0.25, -0.2) is 0 Å². The number of halogens is 3. The van der Waals surface area contributed by atoms with Crippen LogP contribution in [0.2, 0.25) is 10.0 Å². The van der Waals surface area contributed by atoms with Crippen LogP contribution >= 0.6 is 35.6 Å². The second kappa shape index (κ2) is 8.42. The number of rotatable bonds is 4. The van der Waals surface area contributed by atoms with Gasteiger partial charge in [-0.1, -0.05) is 29.3 Å². The molecule has 2 unspecified atom stereocenters. The first-order valence-electron chi connectivity index (χ1n) is 6.55. The fraction of sp³-hybridized carbons (Fsp3) is 0.571. The minimum Gasteiger partial charge on any atom is -0.381 e. The predicted octanol–water partition coefficient (Wildman–Crippen LogP) is 3.35. The summed E-state index contributed by atoms with van der Waals surface area (Å²) in [6.45, 7) is 2.33. The zero-order valence-corrected chi connectivity index (χ0v) is 13.8. The van der Waals surface area contributed by atoms with Gasteiger partial charge in [-0.2, -0.15) is 0 Å². The van der Waals surface area contributed by atoms with E-state index >= 15 is 0 Å². The van der Waals surface area contributed by atoms with Crippen molar-refractivity contribution in [3.05, 3.63) is 33.8 Å². The van der Waals surface area contributed by atoms with E-state index in [0.717, 1.165) is 41.5 Å². The van der Waals surface area contributed by atoms with Crippen LogP contribution in [-0.4, -0.2) is 37.2 Å². The van der Waals surface area contributed by atoms with Gasteiger partial charge in [0.1, 0.15) is 0 Å². The van der Waals surface area contributed by atoms with Crippen LogP contribution in [0.15, 0.2) is 18.2 Å². The third kappa shape index (κ3) is 4.23. The summed E-state index contributed by atoms with van der Waals surface area (Å²) in [5.74, 6) is 0. The van der Waals surface area contributed by atoms with Gasteiger partial charge in [-0.15, -0.1) is 12.4 Å². The quantitative estimate of drug-likeness (QED) is 0.914. The van der Waals surface area contributed by atoms with Crippen molar-refractivity contribution in [2.45, 2.75) is 31.5 Å². The number of hydrogen-bond acceptors (Lipinski definition) is 3. The first-order chi connectivity index (χ1) is 9.15. The van der Waals surface area contributed by atoms with E-state index in [-0.39, 0.29) is 12.4 Å². The van der Waals surface area contributed by atoms with Crippen LogP contribution in [0.4, 0.5) is 0 Å². The molecule has 0 aromatic heterocycles. The zero-order valence-electron chi connectivity index (χ0n) is 11.5. The van der Waals surface area contributed by atoms with E-state index in [1.54, 1.807) is 7.11 Å². The maximum absolute atomic E-state index is 6.23. The lowest BCUT2D eigenvalue weighted by molar-refractivity contribution is 0.0102. The number of hydrogen-bond donors (Lipinski definition) is 1. The molecule has 0 aliphatic carbocycles. The van der Waals surface area contributed by atoms with Crippen LogP contribution in [0.25, 0.3) is 0 Å². The lowest BCUT2D eigenvalue weighted by atomic mass is 9.98. The van der Waals surface area contributed by atoms with Gasteiger partial charge in [0.05, 0.1) is 6.10 Å². The van der Waals surface area contributed by atoms with Crippen molar-refractivity contribution < 1.29 is 4.74 Å². The monoisotopic (exact) mass is 338 g/mol. The zero-order chi connectivity index (χ0) is 13.8. The average molecular weight is 340 g/mol. The Morgan fingerprint density at radius 2 is 2.00 bits per heavy atom. The molecule has 1 aromatic carbocycles. The molecule has 0 radical (unpaired) electrons. The van der Waals surface area contributed by atoms with Crippen molar-refractivity contribution >= 4 is 35.6 Å². The van der Waals surface area contributed by atoms with E-state index in [9.17, 15) is 0 Å². The molecule has 6 heteroatoms. The molecule has 1 aliphatic heterocycles. The highest BCUT2D eigenvalue weighted by atomic mass is 35.5. The van der Waals surface area contributed by atoms with E-state index in [1.807, 2.05) is 18.2 Å². The van der Waals surface area contributed by atoms with Crippen molar-refractivity contribution in [2.24, 2.45) is 5.73 Å². The summed E-state index contributed by atoms with van der Waals surface area (Å²) in [4.78, 5) is 2.35. The molecule has 0 saturated carbocycles. The molecule has 0 spiro atoms. The number of benzene rings is 1. The molecule has 0 bridgehead atoms. The summed E-state index contributed by atoms with van der Waals surface area (Å²) in [5.41, 5.74) is 6.86. The highest BCUT2D eigenvalue weighted by molar-refractivity contribution is 6.35. The number of nitrogens with zero attached hydrogens (tertiary/aromatic N) is 1. The number of nitrogens with two attached hydrogens (primary N) is 1. The molecule has 0 amide bonds. The summed E-state index contributed by atoms with van der Waals surface area (Å²) in [7, 11) is 1.76. The Hall–Kier alpha value is -0.0300. The SMILES string of the molecule is COC1CCN(Cc2c(Cl)cccc2Cl)C(CN)C1.Cl. The Kier molecular flexibility index (Phi) is 7.59. The molecule has 2 atom stereocenters. The number of ether oxygens (including phenoxy) is 1. The highest BCUT2D eigenvalue weighted by Crippen LogP contribution is 2.28. The van der Waals surface area contributed by atoms with Gasteiger partial charge in [-0.3, -0.25) is 4.90 Å². The van der Waals surface area contributed by atoms with Crippen molar-refractivity contribution in [1.82, 2.24) is 4.90 Å². The molecule has 3 nitrogen and oxygen atoms in total. The van der Waals surface area contributed by atoms with E-state index in [4.69, 9.17) is 33.7 Å². The van der Waals surface area contributed by atoms with Gasteiger partial charge < -0.3 is 10.5 Å². The molecule has 2 N–H and O–H groups in total. The number of piperidine rings is 1. The molecule has 114 valence electrons. The molecular formula is C14H21Cl3N2O. The van der Waals surface area contributed by atoms with Gasteiger partial charge >= 0.3 is 0 Å². The topological polar surface area (TPSA) is 38.5 Å². The smallest absolute Gasteiger partial charge is 0.0599 e. The second-order valence-corrected chi connectivity index (χ2v) is 5.76. The van der Waals surface area contributed by atoms with Crippen LogP contribution in [0.5, 0.6) is 0 Å². The number of likely N-dealkylation sites (tertiary alicyclic amines) is 1. The predicted molar refractivity (Wildman–Crippen MR) is 87.0 cm³/mol. The Balaban J connectivity index is 0.00000200. The van der Waals surface area contributed by atoms with Crippen molar-refractivity contribution in [1.29, 1.82) is 0 Å². The first kappa shape index (κ1) is 18.0. The summed E-state index contributed by atoms with van der Waals surface area (Å²) in [6.07, 6.45) is 2.30. The first-order valence-corrected chi connectivity index (χ1v) is 7.31. The fourth-order valence-electron chi connectivity index (χ4n) is 2.62. The van der Waals surface area contributed by atoms with Crippen molar-refractivity contribution in [2.75, 3.05) is 20.2 Å². The van der Waals surface area contributed by atoms with Gasteiger partial charge in [0.15, 0.2) is 0 Å². The Morgan fingerprint density at radius 3 is 2.55 bits per heavy atom. The van der Waals surface area contributed by atoms with Gasteiger partial charge in [0.25, 0.3) is 0 Å². The summed E-state index contributed by atoms with van der Waals surface area (Å²) < 4.78 is 5.43. The van der Waals surface area contributed by atoms with Gasteiger partial charge in [0, 0.05) is 48.4 Å². The Labute approximate surface area is 136 Å². The van der Waals surface area contributed by atoms with Crippen molar-refractivity contribution in [3.8, 4) is 0 Å². The highest BCUT2D eigenvalue weighted by Gasteiger charge is 2.28. The van der Waals surface area contributed by atoms with E-state index in [1.165, 1.54) is 0 Å². The third-order valence-electron chi connectivity index (χ3n) is 3.82. The molecule has 1 aromatic rings.